The molecule has 5 rings (SSSR count). The molecule has 1 amide bonds. The summed E-state index contributed by atoms with van der Waals surface area (Å²) in [6.45, 7) is 10.7. The fourth-order valence-corrected chi connectivity index (χ4v) is 5.73. The van der Waals surface area contributed by atoms with Crippen molar-refractivity contribution >= 4 is 33.1 Å². The summed E-state index contributed by atoms with van der Waals surface area (Å²) >= 11 is 1.54. The van der Waals surface area contributed by atoms with Crippen LogP contribution < -0.4 is 4.90 Å². The first kappa shape index (κ1) is 20.8. The van der Waals surface area contributed by atoms with Gasteiger partial charge in [-0.15, -0.1) is 11.3 Å². The predicted octanol–water partition coefficient (Wildman–Crippen LogP) is 5.36. The SMILES string of the molecule is Cc1cccc(N2CCN(C(=O)c3cc4c(C)nn(-c5cccc(C)c5)c4s3)CC2C)c1. The number of amides is 1. The lowest BCUT2D eigenvalue weighted by Gasteiger charge is -2.41. The molecule has 2 aromatic heterocycles. The molecule has 0 saturated carbocycles. The first-order chi connectivity index (χ1) is 15.4. The van der Waals surface area contributed by atoms with Crippen LogP contribution in [-0.4, -0.2) is 46.3 Å². The van der Waals surface area contributed by atoms with Gasteiger partial charge in [-0.1, -0.05) is 24.3 Å². The molecule has 0 radical (unpaired) electrons. The van der Waals surface area contributed by atoms with Gasteiger partial charge in [0.15, 0.2) is 0 Å². The quantitative estimate of drug-likeness (QED) is 0.427. The van der Waals surface area contributed by atoms with Crippen molar-refractivity contribution in [3.8, 4) is 5.69 Å². The number of anilines is 1. The molecular formula is C26H28N4OS. The second-order valence-electron chi connectivity index (χ2n) is 8.80. The van der Waals surface area contributed by atoms with Crippen molar-refractivity contribution < 1.29 is 4.79 Å². The number of fused-ring (bicyclic) bond motifs is 1. The van der Waals surface area contributed by atoms with E-state index in [0.717, 1.165) is 46.1 Å². The first-order valence-corrected chi connectivity index (χ1v) is 11.9. The van der Waals surface area contributed by atoms with Crippen molar-refractivity contribution in [1.29, 1.82) is 0 Å². The minimum absolute atomic E-state index is 0.122. The standard InChI is InChI=1S/C26H28N4OS/c1-17-7-5-9-21(13-17)29-12-11-28(16-19(29)3)25(31)24-15-23-20(4)27-30(26(23)32-24)22-10-6-8-18(2)14-22/h5-10,13-15,19H,11-12,16H2,1-4H3. The van der Waals surface area contributed by atoms with Crippen LogP contribution in [0.1, 0.15) is 33.4 Å². The number of carbonyl (C=O) groups excluding carboxylic acids is 1. The van der Waals surface area contributed by atoms with Gasteiger partial charge in [0.25, 0.3) is 5.91 Å². The molecule has 1 aliphatic rings. The van der Waals surface area contributed by atoms with E-state index in [-0.39, 0.29) is 11.9 Å². The van der Waals surface area contributed by atoms with Crippen molar-refractivity contribution in [3.63, 3.8) is 0 Å². The molecule has 32 heavy (non-hydrogen) atoms. The summed E-state index contributed by atoms with van der Waals surface area (Å²) in [6.07, 6.45) is 0. The molecule has 0 N–H and O–H groups in total. The molecule has 0 aliphatic carbocycles. The van der Waals surface area contributed by atoms with Crippen LogP contribution in [0.5, 0.6) is 0 Å². The van der Waals surface area contributed by atoms with Crippen LogP contribution in [0.15, 0.2) is 54.6 Å². The Hall–Kier alpha value is -3.12. The van der Waals surface area contributed by atoms with Crippen LogP contribution in [0.25, 0.3) is 15.9 Å². The van der Waals surface area contributed by atoms with Gasteiger partial charge in [0.2, 0.25) is 0 Å². The molecule has 1 aliphatic heterocycles. The second kappa shape index (κ2) is 8.10. The Bertz CT molecular complexity index is 1300. The number of carbonyl (C=O) groups is 1. The summed E-state index contributed by atoms with van der Waals surface area (Å²) in [5, 5.41) is 5.79. The normalized spacial score (nSPS) is 16.7. The molecule has 1 unspecified atom stereocenters. The van der Waals surface area contributed by atoms with Gasteiger partial charge in [0, 0.05) is 36.7 Å². The van der Waals surface area contributed by atoms with E-state index in [0.29, 0.717) is 0 Å². The topological polar surface area (TPSA) is 41.4 Å². The highest BCUT2D eigenvalue weighted by Gasteiger charge is 2.29. The number of aryl methyl sites for hydroxylation is 3. The summed E-state index contributed by atoms with van der Waals surface area (Å²) in [6, 6.07) is 19.2. The van der Waals surface area contributed by atoms with Crippen LogP contribution in [0.4, 0.5) is 5.69 Å². The number of hydrogen-bond donors (Lipinski definition) is 0. The molecule has 2 aromatic carbocycles. The van der Waals surface area contributed by atoms with Crippen molar-refractivity contribution in [3.05, 3.63) is 76.3 Å². The highest BCUT2D eigenvalue weighted by molar-refractivity contribution is 7.20. The molecule has 6 heteroatoms. The molecule has 5 nitrogen and oxygen atoms in total. The van der Waals surface area contributed by atoms with Crippen LogP contribution in [0, 0.1) is 20.8 Å². The van der Waals surface area contributed by atoms with E-state index >= 15 is 0 Å². The summed E-state index contributed by atoms with van der Waals surface area (Å²) in [5.41, 5.74) is 5.67. The molecule has 1 atom stereocenters. The first-order valence-electron chi connectivity index (χ1n) is 11.1. The fraction of sp³-hybridized carbons (Fsp3) is 0.308. The number of aromatic nitrogens is 2. The minimum Gasteiger partial charge on any atom is -0.365 e. The maximum Gasteiger partial charge on any atom is 0.264 e. The Balaban J connectivity index is 1.39. The van der Waals surface area contributed by atoms with E-state index in [9.17, 15) is 4.79 Å². The average Bonchev–Trinajstić information content (AvgIpc) is 3.34. The largest absolute Gasteiger partial charge is 0.365 e. The predicted molar refractivity (Wildman–Crippen MR) is 132 cm³/mol. The Kier molecular flexibility index (Phi) is 5.25. The minimum atomic E-state index is 0.122. The summed E-state index contributed by atoms with van der Waals surface area (Å²) in [4.78, 5) is 19.6. The van der Waals surface area contributed by atoms with Gasteiger partial charge in [0.05, 0.1) is 16.3 Å². The summed E-state index contributed by atoms with van der Waals surface area (Å²) in [7, 11) is 0. The van der Waals surface area contributed by atoms with Gasteiger partial charge in [-0.2, -0.15) is 5.10 Å². The van der Waals surface area contributed by atoms with Gasteiger partial charge in [-0.25, -0.2) is 4.68 Å². The lowest BCUT2D eigenvalue weighted by molar-refractivity contribution is 0.0731. The van der Waals surface area contributed by atoms with E-state index in [1.165, 1.54) is 16.8 Å². The molecule has 3 heterocycles. The van der Waals surface area contributed by atoms with E-state index in [4.69, 9.17) is 5.10 Å². The van der Waals surface area contributed by atoms with Gasteiger partial charge in [-0.3, -0.25) is 4.79 Å². The summed E-state index contributed by atoms with van der Waals surface area (Å²) < 4.78 is 1.97. The lowest BCUT2D eigenvalue weighted by atomic mass is 10.1. The summed E-state index contributed by atoms with van der Waals surface area (Å²) in [5.74, 6) is 0.122. The van der Waals surface area contributed by atoms with E-state index in [1.54, 1.807) is 11.3 Å². The monoisotopic (exact) mass is 444 g/mol. The number of nitrogens with zero attached hydrogens (tertiary/aromatic N) is 4. The third-order valence-electron chi connectivity index (χ3n) is 6.25. The second-order valence-corrected chi connectivity index (χ2v) is 9.83. The molecule has 164 valence electrons. The highest BCUT2D eigenvalue weighted by Crippen LogP contribution is 2.32. The van der Waals surface area contributed by atoms with E-state index in [2.05, 4.69) is 68.1 Å². The highest BCUT2D eigenvalue weighted by atomic mass is 32.1. The number of rotatable bonds is 3. The Labute approximate surface area is 192 Å². The molecule has 0 bridgehead atoms. The van der Waals surface area contributed by atoms with Gasteiger partial charge in [0.1, 0.15) is 4.83 Å². The Morgan fingerprint density at radius 1 is 0.969 bits per heavy atom. The van der Waals surface area contributed by atoms with Crippen molar-refractivity contribution in [1.82, 2.24) is 14.7 Å². The third-order valence-corrected chi connectivity index (χ3v) is 7.35. The van der Waals surface area contributed by atoms with Gasteiger partial charge in [-0.05, 0) is 69.2 Å². The fourth-order valence-electron chi connectivity index (χ4n) is 4.58. The Morgan fingerprint density at radius 3 is 2.34 bits per heavy atom. The van der Waals surface area contributed by atoms with Crippen molar-refractivity contribution in [2.75, 3.05) is 24.5 Å². The molecule has 1 saturated heterocycles. The van der Waals surface area contributed by atoms with Gasteiger partial charge < -0.3 is 9.80 Å². The van der Waals surface area contributed by atoms with Gasteiger partial charge >= 0.3 is 0 Å². The van der Waals surface area contributed by atoms with Crippen molar-refractivity contribution in [2.45, 2.75) is 33.7 Å². The lowest BCUT2D eigenvalue weighted by Crippen LogP contribution is -2.53. The molecule has 4 aromatic rings. The molecular weight excluding hydrogens is 416 g/mol. The number of benzene rings is 2. The molecule has 0 spiro atoms. The maximum atomic E-state index is 13.4. The molecule has 1 fully saturated rings. The third kappa shape index (κ3) is 3.69. The van der Waals surface area contributed by atoms with E-state index < -0.39 is 0 Å². The zero-order valence-electron chi connectivity index (χ0n) is 19.0. The maximum absolute atomic E-state index is 13.4. The number of hydrogen-bond acceptors (Lipinski definition) is 4. The Morgan fingerprint density at radius 2 is 1.66 bits per heavy atom. The van der Waals surface area contributed by atoms with Crippen LogP contribution in [0.3, 0.4) is 0 Å². The van der Waals surface area contributed by atoms with Crippen molar-refractivity contribution in [2.24, 2.45) is 0 Å². The number of piperazine rings is 1. The number of thiophene rings is 1. The van der Waals surface area contributed by atoms with Crippen LogP contribution >= 0.6 is 11.3 Å². The zero-order valence-corrected chi connectivity index (χ0v) is 19.8. The zero-order chi connectivity index (χ0) is 22.4. The smallest absolute Gasteiger partial charge is 0.264 e. The van der Waals surface area contributed by atoms with Crippen LogP contribution in [-0.2, 0) is 0 Å². The van der Waals surface area contributed by atoms with E-state index in [1.807, 2.05) is 28.6 Å². The van der Waals surface area contributed by atoms with Crippen LogP contribution in [0.2, 0.25) is 0 Å². The average molecular weight is 445 g/mol.